The second kappa shape index (κ2) is 6.66. The standard InChI is InChI=1S/C11H19N3O2S/c1-4-9-10(17-14-13-9)11(16)12-8(6-15)5-7(2)3/h7-8,15H,4-6H2,1-3H3,(H,12,16). The molecule has 1 amide bonds. The van der Waals surface area contributed by atoms with E-state index in [-0.39, 0.29) is 18.6 Å². The molecule has 1 heterocycles. The molecule has 1 atom stereocenters. The molecule has 0 spiro atoms. The van der Waals surface area contributed by atoms with Gasteiger partial charge in [-0.05, 0) is 30.3 Å². The van der Waals surface area contributed by atoms with Crippen LogP contribution in [0.4, 0.5) is 0 Å². The number of amides is 1. The highest BCUT2D eigenvalue weighted by Gasteiger charge is 2.19. The Balaban J connectivity index is 2.64. The van der Waals surface area contributed by atoms with Gasteiger partial charge in [0.25, 0.3) is 5.91 Å². The van der Waals surface area contributed by atoms with Crippen LogP contribution in [0.2, 0.25) is 0 Å². The molecule has 0 fully saturated rings. The van der Waals surface area contributed by atoms with Gasteiger partial charge in [-0.3, -0.25) is 4.79 Å². The van der Waals surface area contributed by atoms with Crippen LogP contribution in [-0.2, 0) is 6.42 Å². The van der Waals surface area contributed by atoms with Crippen molar-refractivity contribution in [2.45, 2.75) is 39.7 Å². The number of aliphatic hydroxyl groups excluding tert-OH is 1. The van der Waals surface area contributed by atoms with Crippen LogP contribution in [0.15, 0.2) is 0 Å². The minimum absolute atomic E-state index is 0.0440. The van der Waals surface area contributed by atoms with E-state index in [4.69, 9.17) is 0 Å². The van der Waals surface area contributed by atoms with E-state index in [0.717, 1.165) is 18.0 Å². The van der Waals surface area contributed by atoms with E-state index in [1.165, 1.54) is 0 Å². The molecule has 0 aliphatic carbocycles. The largest absolute Gasteiger partial charge is 0.394 e. The minimum atomic E-state index is -0.200. The maximum absolute atomic E-state index is 11.9. The summed E-state index contributed by atoms with van der Waals surface area (Å²) in [5.74, 6) is 0.245. The Morgan fingerprint density at radius 1 is 1.53 bits per heavy atom. The average molecular weight is 257 g/mol. The van der Waals surface area contributed by atoms with Crippen molar-refractivity contribution in [3.8, 4) is 0 Å². The van der Waals surface area contributed by atoms with E-state index in [1.807, 2.05) is 6.92 Å². The van der Waals surface area contributed by atoms with Gasteiger partial charge >= 0.3 is 0 Å². The lowest BCUT2D eigenvalue weighted by Crippen LogP contribution is -2.38. The quantitative estimate of drug-likeness (QED) is 0.804. The molecule has 1 aromatic rings. The molecule has 17 heavy (non-hydrogen) atoms. The van der Waals surface area contributed by atoms with E-state index >= 15 is 0 Å². The Kier molecular flexibility index (Phi) is 5.50. The third kappa shape index (κ3) is 4.05. The zero-order valence-corrected chi connectivity index (χ0v) is 11.3. The third-order valence-corrected chi connectivity index (χ3v) is 3.18. The highest BCUT2D eigenvalue weighted by atomic mass is 32.1. The monoisotopic (exact) mass is 257 g/mol. The van der Waals surface area contributed by atoms with Gasteiger partial charge in [0.05, 0.1) is 18.3 Å². The first kappa shape index (κ1) is 14.1. The molecule has 0 aliphatic rings. The van der Waals surface area contributed by atoms with Gasteiger partial charge in [0, 0.05) is 0 Å². The first-order valence-electron chi connectivity index (χ1n) is 5.81. The molecular formula is C11H19N3O2S. The first-order valence-corrected chi connectivity index (χ1v) is 6.58. The SMILES string of the molecule is CCc1nnsc1C(=O)NC(CO)CC(C)C. The van der Waals surface area contributed by atoms with E-state index in [1.54, 1.807) is 0 Å². The van der Waals surface area contributed by atoms with Crippen LogP contribution < -0.4 is 5.32 Å². The number of aromatic nitrogens is 2. The molecule has 5 nitrogen and oxygen atoms in total. The van der Waals surface area contributed by atoms with Crippen LogP contribution in [0.3, 0.4) is 0 Å². The van der Waals surface area contributed by atoms with Gasteiger partial charge in [-0.25, -0.2) is 0 Å². The second-order valence-corrected chi connectivity index (χ2v) is 5.14. The molecule has 96 valence electrons. The molecule has 0 aromatic carbocycles. The van der Waals surface area contributed by atoms with Gasteiger partial charge in [0.1, 0.15) is 4.88 Å². The van der Waals surface area contributed by atoms with Crippen molar-refractivity contribution >= 4 is 17.4 Å². The Hall–Kier alpha value is -1.01. The maximum Gasteiger partial charge on any atom is 0.265 e. The summed E-state index contributed by atoms with van der Waals surface area (Å²) >= 11 is 1.10. The van der Waals surface area contributed by atoms with Gasteiger partial charge in [-0.1, -0.05) is 25.3 Å². The van der Waals surface area contributed by atoms with Gasteiger partial charge in [0.15, 0.2) is 0 Å². The number of hydrogen-bond donors (Lipinski definition) is 2. The summed E-state index contributed by atoms with van der Waals surface area (Å²) in [4.78, 5) is 12.5. The molecule has 0 saturated carbocycles. The van der Waals surface area contributed by atoms with Crippen molar-refractivity contribution in [1.82, 2.24) is 14.9 Å². The third-order valence-electron chi connectivity index (χ3n) is 2.41. The van der Waals surface area contributed by atoms with E-state index < -0.39 is 0 Å². The highest BCUT2D eigenvalue weighted by molar-refractivity contribution is 7.08. The summed E-state index contributed by atoms with van der Waals surface area (Å²) in [7, 11) is 0. The molecule has 1 rings (SSSR count). The molecule has 2 N–H and O–H groups in total. The number of carbonyl (C=O) groups excluding carboxylic acids is 1. The molecule has 0 radical (unpaired) electrons. The summed E-state index contributed by atoms with van der Waals surface area (Å²) in [6.45, 7) is 6.00. The number of nitrogens with zero attached hydrogens (tertiary/aromatic N) is 2. The van der Waals surface area contributed by atoms with Crippen LogP contribution >= 0.6 is 11.5 Å². The zero-order valence-electron chi connectivity index (χ0n) is 10.4. The molecule has 1 aromatic heterocycles. The van der Waals surface area contributed by atoms with Gasteiger partial charge in [-0.2, -0.15) is 0 Å². The molecule has 6 heteroatoms. The number of carbonyl (C=O) groups is 1. The normalized spacial score (nSPS) is 12.8. The lowest BCUT2D eigenvalue weighted by Gasteiger charge is -2.17. The van der Waals surface area contributed by atoms with Crippen LogP contribution in [0.1, 0.15) is 42.6 Å². The first-order chi connectivity index (χ1) is 8.08. The fraction of sp³-hybridized carbons (Fsp3) is 0.727. The number of hydrogen-bond acceptors (Lipinski definition) is 5. The minimum Gasteiger partial charge on any atom is -0.394 e. The molecule has 0 aliphatic heterocycles. The fourth-order valence-electron chi connectivity index (χ4n) is 1.61. The van der Waals surface area contributed by atoms with E-state index in [9.17, 15) is 9.90 Å². The summed E-state index contributed by atoms with van der Waals surface area (Å²) < 4.78 is 3.78. The maximum atomic E-state index is 11.9. The smallest absolute Gasteiger partial charge is 0.265 e. The van der Waals surface area contributed by atoms with Crippen LogP contribution in [0.5, 0.6) is 0 Å². The second-order valence-electron chi connectivity index (χ2n) is 4.38. The molecule has 1 unspecified atom stereocenters. The predicted molar refractivity (Wildman–Crippen MR) is 67.1 cm³/mol. The van der Waals surface area contributed by atoms with Gasteiger partial charge < -0.3 is 10.4 Å². The average Bonchev–Trinajstić information content (AvgIpc) is 2.75. The van der Waals surface area contributed by atoms with Crippen LogP contribution in [-0.4, -0.2) is 33.2 Å². The van der Waals surface area contributed by atoms with Gasteiger partial charge in [0.2, 0.25) is 0 Å². The molecule has 0 bridgehead atoms. The Bertz CT molecular complexity index is 365. The summed E-state index contributed by atoms with van der Waals surface area (Å²) in [5, 5.41) is 15.9. The van der Waals surface area contributed by atoms with Crippen molar-refractivity contribution in [2.75, 3.05) is 6.61 Å². The van der Waals surface area contributed by atoms with Crippen molar-refractivity contribution in [3.63, 3.8) is 0 Å². The van der Waals surface area contributed by atoms with Crippen molar-refractivity contribution < 1.29 is 9.90 Å². The van der Waals surface area contributed by atoms with Crippen LogP contribution in [0.25, 0.3) is 0 Å². The van der Waals surface area contributed by atoms with Crippen LogP contribution in [0, 0.1) is 5.92 Å². The van der Waals surface area contributed by atoms with Crippen molar-refractivity contribution in [2.24, 2.45) is 5.92 Å². The topological polar surface area (TPSA) is 75.1 Å². The summed E-state index contributed by atoms with van der Waals surface area (Å²) in [5.41, 5.74) is 0.716. The Labute approximate surface area is 105 Å². The number of rotatable bonds is 6. The number of aliphatic hydroxyl groups is 1. The van der Waals surface area contributed by atoms with Crippen molar-refractivity contribution in [1.29, 1.82) is 0 Å². The Morgan fingerprint density at radius 3 is 2.76 bits per heavy atom. The molecule has 0 saturated heterocycles. The Morgan fingerprint density at radius 2 is 2.24 bits per heavy atom. The van der Waals surface area contributed by atoms with Gasteiger partial charge in [-0.15, -0.1) is 5.10 Å². The van der Waals surface area contributed by atoms with E-state index in [2.05, 4.69) is 28.8 Å². The fourth-order valence-corrected chi connectivity index (χ4v) is 2.26. The number of aryl methyl sites for hydroxylation is 1. The lowest BCUT2D eigenvalue weighted by molar-refractivity contribution is 0.0911. The van der Waals surface area contributed by atoms with E-state index in [0.29, 0.717) is 22.9 Å². The predicted octanol–water partition coefficient (Wildman–Crippen LogP) is 1.24. The van der Waals surface area contributed by atoms with Crippen molar-refractivity contribution in [3.05, 3.63) is 10.6 Å². The highest BCUT2D eigenvalue weighted by Crippen LogP contribution is 2.12. The molecular weight excluding hydrogens is 238 g/mol. The zero-order chi connectivity index (χ0) is 12.8. The summed E-state index contributed by atoms with van der Waals surface area (Å²) in [6.07, 6.45) is 1.45. The number of nitrogens with one attached hydrogen (secondary N) is 1. The lowest BCUT2D eigenvalue weighted by atomic mass is 10.0. The summed E-state index contributed by atoms with van der Waals surface area (Å²) in [6, 6.07) is -0.200.